The number of nitrogens with zero attached hydrogens (tertiary/aromatic N) is 1. The lowest BCUT2D eigenvalue weighted by Gasteiger charge is -2.36. The van der Waals surface area contributed by atoms with Crippen LogP contribution in [0.2, 0.25) is 0 Å². The number of rotatable bonds is 7. The maximum Gasteiger partial charge on any atom is 0.135 e. The van der Waals surface area contributed by atoms with Gasteiger partial charge in [0.25, 0.3) is 0 Å². The number of hydrogen-bond acceptors (Lipinski definition) is 3. The first kappa shape index (κ1) is 18.8. The minimum Gasteiger partial charge on any atom is -0.388 e. The van der Waals surface area contributed by atoms with Crippen LogP contribution < -0.4 is 0 Å². The van der Waals surface area contributed by atoms with Crippen molar-refractivity contribution in [2.45, 2.75) is 31.2 Å². The highest BCUT2D eigenvalue weighted by molar-refractivity contribution is 5.48. The summed E-state index contributed by atoms with van der Waals surface area (Å²) in [5.41, 5.74) is 1.32. The Hall–Kier alpha value is -2.93. The predicted octanol–water partition coefficient (Wildman–Crippen LogP) is 4.46. The van der Waals surface area contributed by atoms with Crippen molar-refractivity contribution in [1.82, 2.24) is 0 Å². The van der Waals surface area contributed by atoms with Crippen LogP contribution in [0.5, 0.6) is 0 Å². The van der Waals surface area contributed by atoms with Gasteiger partial charge in [0.1, 0.15) is 11.5 Å². The maximum atomic E-state index is 11.3. The molecule has 0 bridgehead atoms. The lowest BCUT2D eigenvalue weighted by Crippen LogP contribution is -2.46. The second-order valence-electron chi connectivity index (χ2n) is 6.60. The van der Waals surface area contributed by atoms with Gasteiger partial charge >= 0.3 is 0 Å². The van der Waals surface area contributed by atoms with Crippen LogP contribution in [0.3, 0.4) is 0 Å². The highest BCUT2D eigenvalue weighted by Gasteiger charge is 2.45. The Kier molecular flexibility index (Phi) is 6.03. The fourth-order valence-corrected chi connectivity index (χ4v) is 3.35. The third-order valence-electron chi connectivity index (χ3n) is 4.88. The van der Waals surface area contributed by atoms with Crippen molar-refractivity contribution in [1.29, 1.82) is 5.26 Å². The van der Waals surface area contributed by atoms with E-state index >= 15 is 0 Å². The van der Waals surface area contributed by atoms with Crippen molar-refractivity contribution >= 4 is 0 Å². The first-order valence-electron chi connectivity index (χ1n) is 9.04. The van der Waals surface area contributed by atoms with Gasteiger partial charge in [0.05, 0.1) is 18.8 Å². The van der Waals surface area contributed by atoms with E-state index in [1.165, 1.54) is 0 Å². The molecular formula is C24H23NO2. The molecule has 0 heterocycles. The highest BCUT2D eigenvalue weighted by Crippen LogP contribution is 2.37. The van der Waals surface area contributed by atoms with Crippen LogP contribution in [-0.4, -0.2) is 17.3 Å². The Morgan fingerprint density at radius 2 is 1.30 bits per heavy atom. The highest BCUT2D eigenvalue weighted by atomic mass is 16.5. The molecule has 3 heteroatoms. The normalized spacial score (nSPS) is 13.5. The van der Waals surface area contributed by atoms with Crippen molar-refractivity contribution in [2.24, 2.45) is 0 Å². The van der Waals surface area contributed by atoms with Gasteiger partial charge in [-0.15, -0.1) is 0 Å². The van der Waals surface area contributed by atoms with Gasteiger partial charge in [-0.05, 0) is 23.6 Å². The Morgan fingerprint density at radius 3 is 1.74 bits per heavy atom. The van der Waals surface area contributed by atoms with E-state index in [0.717, 1.165) is 16.7 Å². The number of aliphatic hydroxyl groups excluding tert-OH is 1. The van der Waals surface area contributed by atoms with E-state index in [9.17, 15) is 10.4 Å². The third kappa shape index (κ3) is 3.93. The molecule has 136 valence electrons. The maximum absolute atomic E-state index is 11.3. The summed E-state index contributed by atoms with van der Waals surface area (Å²) >= 11 is 0. The van der Waals surface area contributed by atoms with Crippen LogP contribution in [0.25, 0.3) is 0 Å². The monoisotopic (exact) mass is 357 g/mol. The molecule has 3 aromatic rings. The molecule has 27 heavy (non-hydrogen) atoms. The van der Waals surface area contributed by atoms with Crippen LogP contribution >= 0.6 is 0 Å². The van der Waals surface area contributed by atoms with Crippen molar-refractivity contribution in [3.05, 3.63) is 108 Å². The van der Waals surface area contributed by atoms with E-state index in [0.29, 0.717) is 6.61 Å². The number of aliphatic hydroxyl groups is 1. The van der Waals surface area contributed by atoms with Gasteiger partial charge in [0.2, 0.25) is 0 Å². The molecule has 0 aromatic heterocycles. The van der Waals surface area contributed by atoms with Crippen LogP contribution in [0.15, 0.2) is 91.0 Å². The average molecular weight is 357 g/mol. The van der Waals surface area contributed by atoms with Gasteiger partial charge in [0, 0.05) is 0 Å². The molecule has 0 aliphatic carbocycles. The topological polar surface area (TPSA) is 53.2 Å². The van der Waals surface area contributed by atoms with E-state index in [1.807, 2.05) is 97.9 Å². The zero-order valence-corrected chi connectivity index (χ0v) is 15.3. The quantitative estimate of drug-likeness (QED) is 0.679. The standard InChI is InChI=1S/C24H23NO2/c1-19(27-17-20-11-5-2-6-12-20)23(26)24(18-25,21-13-7-3-8-14-21)22-15-9-4-10-16-22/h2-16,19,23,26H,17H2,1H3/t19-,23-/m0/s1. The van der Waals surface area contributed by atoms with E-state index in [2.05, 4.69) is 6.07 Å². The minimum absolute atomic E-state index is 0.379. The van der Waals surface area contributed by atoms with Gasteiger partial charge in [-0.2, -0.15) is 5.26 Å². The molecule has 3 aromatic carbocycles. The molecule has 2 atom stereocenters. The average Bonchev–Trinajstić information content (AvgIpc) is 2.75. The summed E-state index contributed by atoms with van der Waals surface area (Å²) in [7, 11) is 0. The first-order valence-corrected chi connectivity index (χ1v) is 9.04. The molecule has 0 aliphatic heterocycles. The molecule has 3 rings (SSSR count). The molecule has 0 fully saturated rings. The molecule has 0 unspecified atom stereocenters. The van der Waals surface area contributed by atoms with Crippen molar-refractivity contribution in [3.63, 3.8) is 0 Å². The Balaban J connectivity index is 1.94. The predicted molar refractivity (Wildman–Crippen MR) is 106 cm³/mol. The van der Waals surface area contributed by atoms with Crippen LogP contribution in [-0.2, 0) is 16.8 Å². The molecule has 0 saturated heterocycles. The SMILES string of the molecule is C[C@H](OCc1ccccc1)[C@H](O)C(C#N)(c1ccccc1)c1ccccc1. The summed E-state index contributed by atoms with van der Waals surface area (Å²) in [4.78, 5) is 0. The van der Waals surface area contributed by atoms with Crippen molar-refractivity contribution in [2.75, 3.05) is 0 Å². The van der Waals surface area contributed by atoms with Gasteiger partial charge < -0.3 is 9.84 Å². The van der Waals surface area contributed by atoms with Gasteiger partial charge in [-0.25, -0.2) is 0 Å². The number of nitriles is 1. The van der Waals surface area contributed by atoms with Crippen molar-refractivity contribution in [3.8, 4) is 6.07 Å². The molecule has 1 N–H and O–H groups in total. The molecule has 0 amide bonds. The first-order chi connectivity index (χ1) is 13.2. The molecule has 0 aliphatic rings. The van der Waals surface area contributed by atoms with E-state index < -0.39 is 17.6 Å². The van der Waals surface area contributed by atoms with Gasteiger partial charge in [-0.3, -0.25) is 0 Å². The van der Waals surface area contributed by atoms with Gasteiger partial charge in [0.15, 0.2) is 0 Å². The smallest absolute Gasteiger partial charge is 0.135 e. The molecule has 0 saturated carbocycles. The van der Waals surface area contributed by atoms with Gasteiger partial charge in [-0.1, -0.05) is 91.0 Å². The Labute approximate surface area is 160 Å². The Bertz CT molecular complexity index is 833. The number of benzene rings is 3. The zero-order valence-electron chi connectivity index (χ0n) is 15.3. The fraction of sp³-hybridized carbons (Fsp3) is 0.208. The summed E-state index contributed by atoms with van der Waals surface area (Å²) in [6, 6.07) is 31.0. The van der Waals surface area contributed by atoms with Crippen LogP contribution in [0.1, 0.15) is 23.6 Å². The lowest BCUT2D eigenvalue weighted by atomic mass is 9.70. The lowest BCUT2D eigenvalue weighted by molar-refractivity contribution is -0.0522. The summed E-state index contributed by atoms with van der Waals surface area (Å²) in [5.74, 6) is 0. The van der Waals surface area contributed by atoms with E-state index in [-0.39, 0.29) is 0 Å². The van der Waals surface area contributed by atoms with Crippen LogP contribution in [0, 0.1) is 11.3 Å². The minimum atomic E-state index is -1.21. The van der Waals surface area contributed by atoms with E-state index in [4.69, 9.17) is 4.74 Å². The third-order valence-corrected chi connectivity index (χ3v) is 4.88. The second-order valence-corrected chi connectivity index (χ2v) is 6.60. The molecule has 3 nitrogen and oxygen atoms in total. The summed E-state index contributed by atoms with van der Waals surface area (Å²) in [5, 5.41) is 21.5. The Morgan fingerprint density at radius 1 is 0.852 bits per heavy atom. The summed E-state index contributed by atoms with van der Waals surface area (Å²) in [6.07, 6.45) is -1.57. The molecular weight excluding hydrogens is 334 g/mol. The number of ether oxygens (including phenoxy) is 1. The van der Waals surface area contributed by atoms with E-state index in [1.54, 1.807) is 0 Å². The summed E-state index contributed by atoms with van der Waals surface area (Å²) < 4.78 is 5.94. The fourth-order valence-electron chi connectivity index (χ4n) is 3.35. The van der Waals surface area contributed by atoms with Crippen LogP contribution in [0.4, 0.5) is 0 Å². The number of hydrogen-bond donors (Lipinski definition) is 1. The zero-order chi connectivity index (χ0) is 19.1. The second kappa shape index (κ2) is 8.64. The molecule has 0 spiro atoms. The van der Waals surface area contributed by atoms with Crippen molar-refractivity contribution < 1.29 is 9.84 Å². The summed E-state index contributed by atoms with van der Waals surface area (Å²) in [6.45, 7) is 2.19. The molecule has 0 radical (unpaired) electrons. The largest absolute Gasteiger partial charge is 0.388 e.